The molecule has 0 spiro atoms. The molecule has 0 unspecified atom stereocenters. The first-order chi connectivity index (χ1) is 8.93. The van der Waals surface area contributed by atoms with Gasteiger partial charge in [0.05, 0.1) is 5.52 Å². The van der Waals surface area contributed by atoms with Gasteiger partial charge in [-0.25, -0.2) is 0 Å². The highest BCUT2D eigenvalue weighted by Crippen LogP contribution is 2.19. The Labute approximate surface area is 108 Å². The molecule has 1 fully saturated rings. The molecule has 2 aromatic rings. The van der Waals surface area contributed by atoms with Gasteiger partial charge in [-0.2, -0.15) is 0 Å². The number of nitrogens with zero attached hydrogens (tertiary/aromatic N) is 1. The summed E-state index contributed by atoms with van der Waals surface area (Å²) in [7, 11) is 0. The minimum atomic E-state index is 0.757. The summed E-state index contributed by atoms with van der Waals surface area (Å²) < 4.78 is 0. The number of fused-ring (bicyclic) bond motifs is 1. The molecule has 1 aliphatic rings. The van der Waals surface area contributed by atoms with Gasteiger partial charge in [0.15, 0.2) is 0 Å². The first-order valence-corrected chi connectivity index (χ1v) is 6.99. The molecule has 0 amide bonds. The number of rotatable bonds is 4. The van der Waals surface area contributed by atoms with Crippen molar-refractivity contribution in [1.82, 2.24) is 10.3 Å². The minimum Gasteiger partial charge on any atom is -0.314 e. The van der Waals surface area contributed by atoms with Gasteiger partial charge in [-0.1, -0.05) is 37.1 Å². The molecule has 2 nitrogen and oxygen atoms in total. The van der Waals surface area contributed by atoms with E-state index in [4.69, 9.17) is 0 Å². The van der Waals surface area contributed by atoms with Gasteiger partial charge in [-0.05, 0) is 37.4 Å². The van der Waals surface area contributed by atoms with Crippen LogP contribution in [-0.2, 0) is 6.42 Å². The molecule has 2 heteroatoms. The van der Waals surface area contributed by atoms with E-state index in [1.807, 2.05) is 12.3 Å². The van der Waals surface area contributed by atoms with E-state index >= 15 is 0 Å². The predicted molar refractivity (Wildman–Crippen MR) is 75.7 cm³/mol. The lowest BCUT2D eigenvalue weighted by Gasteiger charge is -2.12. The van der Waals surface area contributed by atoms with Crippen molar-refractivity contribution < 1.29 is 0 Å². The third kappa shape index (κ3) is 2.54. The van der Waals surface area contributed by atoms with E-state index in [2.05, 4.69) is 34.6 Å². The Morgan fingerprint density at radius 1 is 1.11 bits per heavy atom. The summed E-state index contributed by atoms with van der Waals surface area (Å²) in [6.07, 6.45) is 8.46. The van der Waals surface area contributed by atoms with Crippen molar-refractivity contribution in [3.05, 3.63) is 42.1 Å². The van der Waals surface area contributed by atoms with Crippen molar-refractivity contribution in [2.45, 2.75) is 38.1 Å². The second kappa shape index (κ2) is 5.49. The molecule has 94 valence electrons. The topological polar surface area (TPSA) is 24.9 Å². The van der Waals surface area contributed by atoms with Crippen LogP contribution in [0.2, 0.25) is 0 Å². The van der Waals surface area contributed by atoms with E-state index in [-0.39, 0.29) is 0 Å². The molecule has 0 bridgehead atoms. The fraction of sp³-hybridized carbons (Fsp3) is 0.438. The molecule has 18 heavy (non-hydrogen) atoms. The normalized spacial score (nSPS) is 16.4. The van der Waals surface area contributed by atoms with Gasteiger partial charge in [0.2, 0.25) is 0 Å². The van der Waals surface area contributed by atoms with E-state index in [0.717, 1.165) is 24.5 Å². The Bertz CT molecular complexity index is 510. The summed E-state index contributed by atoms with van der Waals surface area (Å²) in [6.45, 7) is 1.07. The summed E-state index contributed by atoms with van der Waals surface area (Å²) in [4.78, 5) is 4.50. The lowest BCUT2D eigenvalue weighted by Crippen LogP contribution is -2.28. The molecule has 0 atom stereocenters. The van der Waals surface area contributed by atoms with Gasteiger partial charge in [0, 0.05) is 17.6 Å². The molecular formula is C16H20N2. The van der Waals surface area contributed by atoms with Gasteiger partial charge in [0.1, 0.15) is 0 Å². The van der Waals surface area contributed by atoms with Crippen molar-refractivity contribution in [2.75, 3.05) is 6.54 Å². The minimum absolute atomic E-state index is 0.757. The average molecular weight is 240 g/mol. The Hall–Kier alpha value is -1.41. The fourth-order valence-electron chi connectivity index (χ4n) is 2.91. The Kier molecular flexibility index (Phi) is 3.56. The van der Waals surface area contributed by atoms with Gasteiger partial charge >= 0.3 is 0 Å². The molecule has 3 rings (SSSR count). The summed E-state index contributed by atoms with van der Waals surface area (Å²) >= 11 is 0. The monoisotopic (exact) mass is 240 g/mol. The molecule has 1 aromatic heterocycles. The van der Waals surface area contributed by atoms with E-state index in [0.29, 0.717) is 0 Å². The number of aromatic nitrogens is 1. The zero-order chi connectivity index (χ0) is 12.2. The molecule has 1 N–H and O–H groups in total. The lowest BCUT2D eigenvalue weighted by atomic mass is 10.1. The maximum Gasteiger partial charge on any atom is 0.0734 e. The zero-order valence-corrected chi connectivity index (χ0v) is 10.7. The van der Waals surface area contributed by atoms with Crippen LogP contribution in [0.15, 0.2) is 36.5 Å². The molecule has 1 aromatic carbocycles. The molecule has 0 aliphatic heterocycles. The molecule has 1 heterocycles. The lowest BCUT2D eigenvalue weighted by molar-refractivity contribution is 0.528. The quantitative estimate of drug-likeness (QED) is 0.887. The predicted octanol–water partition coefficient (Wildman–Crippen LogP) is 3.31. The maximum absolute atomic E-state index is 4.50. The van der Waals surface area contributed by atoms with Crippen LogP contribution in [0.3, 0.4) is 0 Å². The van der Waals surface area contributed by atoms with Crippen LogP contribution >= 0.6 is 0 Å². The SMILES string of the molecule is c1cnc2c(CCNC3CCCC3)cccc2c1. The number of pyridine rings is 1. The summed E-state index contributed by atoms with van der Waals surface area (Å²) in [5, 5.41) is 4.91. The van der Waals surface area contributed by atoms with Gasteiger partial charge < -0.3 is 5.32 Å². The zero-order valence-electron chi connectivity index (χ0n) is 10.7. The summed E-state index contributed by atoms with van der Waals surface area (Å²) in [6, 6.07) is 11.4. The van der Waals surface area contributed by atoms with Crippen LogP contribution < -0.4 is 5.32 Å². The maximum atomic E-state index is 4.50. The van der Waals surface area contributed by atoms with Crippen LogP contribution in [0.1, 0.15) is 31.2 Å². The van der Waals surface area contributed by atoms with Crippen LogP contribution in [-0.4, -0.2) is 17.6 Å². The van der Waals surface area contributed by atoms with Crippen molar-refractivity contribution in [3.63, 3.8) is 0 Å². The van der Waals surface area contributed by atoms with E-state index in [1.54, 1.807) is 0 Å². The van der Waals surface area contributed by atoms with Crippen molar-refractivity contribution in [3.8, 4) is 0 Å². The first kappa shape index (κ1) is 11.7. The largest absolute Gasteiger partial charge is 0.314 e. The van der Waals surface area contributed by atoms with Crippen LogP contribution in [0, 0.1) is 0 Å². The highest BCUT2D eigenvalue weighted by molar-refractivity contribution is 5.81. The number of hydrogen-bond acceptors (Lipinski definition) is 2. The first-order valence-electron chi connectivity index (χ1n) is 6.99. The van der Waals surface area contributed by atoms with Crippen molar-refractivity contribution in [1.29, 1.82) is 0 Å². The molecule has 1 aliphatic carbocycles. The Morgan fingerprint density at radius 3 is 2.83 bits per heavy atom. The van der Waals surface area contributed by atoms with Crippen LogP contribution in [0.4, 0.5) is 0 Å². The van der Waals surface area contributed by atoms with Gasteiger partial charge in [-0.3, -0.25) is 4.98 Å². The summed E-state index contributed by atoms with van der Waals surface area (Å²) in [5.41, 5.74) is 2.52. The standard InChI is InChI=1S/C16H20N2/c1-2-9-15(8-1)17-12-10-14-6-3-5-13-7-4-11-18-16(13)14/h3-7,11,15,17H,1-2,8-10,12H2. The molecule has 0 radical (unpaired) electrons. The summed E-state index contributed by atoms with van der Waals surface area (Å²) in [5.74, 6) is 0. The van der Waals surface area contributed by atoms with E-state index in [9.17, 15) is 0 Å². The third-order valence-corrected chi connectivity index (χ3v) is 3.90. The Morgan fingerprint density at radius 2 is 1.94 bits per heavy atom. The number of nitrogens with one attached hydrogen (secondary N) is 1. The van der Waals surface area contributed by atoms with Crippen LogP contribution in [0.5, 0.6) is 0 Å². The number of para-hydroxylation sites is 1. The van der Waals surface area contributed by atoms with Gasteiger partial charge in [0.25, 0.3) is 0 Å². The smallest absolute Gasteiger partial charge is 0.0734 e. The highest BCUT2D eigenvalue weighted by Gasteiger charge is 2.13. The fourth-order valence-corrected chi connectivity index (χ4v) is 2.91. The average Bonchev–Trinajstić information content (AvgIpc) is 2.92. The third-order valence-electron chi connectivity index (χ3n) is 3.90. The van der Waals surface area contributed by atoms with Crippen molar-refractivity contribution in [2.24, 2.45) is 0 Å². The molecule has 0 saturated heterocycles. The van der Waals surface area contributed by atoms with Gasteiger partial charge in [-0.15, -0.1) is 0 Å². The Balaban J connectivity index is 1.66. The second-order valence-electron chi connectivity index (χ2n) is 5.18. The van der Waals surface area contributed by atoms with E-state index < -0.39 is 0 Å². The van der Waals surface area contributed by atoms with Crippen LogP contribution in [0.25, 0.3) is 10.9 Å². The molecule has 1 saturated carbocycles. The second-order valence-corrected chi connectivity index (χ2v) is 5.18. The van der Waals surface area contributed by atoms with E-state index in [1.165, 1.54) is 36.6 Å². The number of benzene rings is 1. The van der Waals surface area contributed by atoms with Crippen molar-refractivity contribution >= 4 is 10.9 Å². The molecular weight excluding hydrogens is 220 g/mol. The highest BCUT2D eigenvalue weighted by atomic mass is 14.9. The number of hydrogen-bond donors (Lipinski definition) is 1.